The van der Waals surface area contributed by atoms with Gasteiger partial charge in [-0.1, -0.05) is 17.8 Å². The number of aromatic nitrogens is 2. The zero-order valence-corrected chi connectivity index (χ0v) is 17.3. The first-order valence-corrected chi connectivity index (χ1v) is 10.5. The quantitative estimate of drug-likeness (QED) is 0.402. The van der Waals surface area contributed by atoms with Gasteiger partial charge in [0.2, 0.25) is 0 Å². The maximum atomic E-state index is 12.9. The molecule has 11 heteroatoms. The molecule has 0 spiro atoms. The monoisotopic (exact) mass is 445 g/mol. The number of alkyl halides is 3. The number of nitrogens with zero attached hydrogens (tertiary/aromatic N) is 2. The number of ketones is 1. The van der Waals surface area contributed by atoms with Crippen molar-refractivity contribution >= 4 is 45.0 Å². The summed E-state index contributed by atoms with van der Waals surface area (Å²) in [6.07, 6.45) is -3.21. The molecule has 1 fully saturated rings. The summed E-state index contributed by atoms with van der Waals surface area (Å²) in [6, 6.07) is 0. The smallest absolute Gasteiger partial charge is 0.336 e. The van der Waals surface area contributed by atoms with Crippen LogP contribution in [-0.2, 0) is 16.1 Å². The van der Waals surface area contributed by atoms with E-state index >= 15 is 0 Å². The molecule has 2 heterocycles. The number of halogens is 3. The largest absolute Gasteiger partial charge is 0.471 e. The molecular formula is C18H18F3N3O3S2. The van der Waals surface area contributed by atoms with Crippen molar-refractivity contribution in [2.24, 2.45) is 0 Å². The SMILES string of the molecule is C=CCn1c(SCC(=O)C2(NC(=O)C(F)(F)F)CC2)nc2sc(C)c(C)c2c1=O. The van der Waals surface area contributed by atoms with Crippen molar-refractivity contribution in [2.45, 2.75) is 50.1 Å². The summed E-state index contributed by atoms with van der Waals surface area (Å²) >= 11 is 2.34. The molecule has 0 unspecified atom stereocenters. The van der Waals surface area contributed by atoms with Crippen molar-refractivity contribution in [3.8, 4) is 0 Å². The van der Waals surface area contributed by atoms with E-state index in [1.807, 2.05) is 13.8 Å². The Kier molecular flexibility index (Phi) is 5.65. The minimum absolute atomic E-state index is 0.156. The topological polar surface area (TPSA) is 81.1 Å². The molecule has 1 aliphatic rings. The predicted molar refractivity (Wildman–Crippen MR) is 105 cm³/mol. The minimum atomic E-state index is -5.05. The molecule has 0 saturated heterocycles. The summed E-state index contributed by atoms with van der Waals surface area (Å²) in [6.45, 7) is 7.54. The third kappa shape index (κ3) is 4.11. The summed E-state index contributed by atoms with van der Waals surface area (Å²) in [5, 5.41) is 2.61. The summed E-state index contributed by atoms with van der Waals surface area (Å²) in [7, 11) is 0. The highest BCUT2D eigenvalue weighted by molar-refractivity contribution is 7.99. The van der Waals surface area contributed by atoms with Crippen molar-refractivity contribution in [3.05, 3.63) is 33.4 Å². The highest BCUT2D eigenvalue weighted by Crippen LogP contribution is 2.39. The fraction of sp³-hybridized carbons (Fsp3) is 0.444. The van der Waals surface area contributed by atoms with Gasteiger partial charge in [0.05, 0.1) is 16.7 Å². The van der Waals surface area contributed by atoms with Crippen LogP contribution in [-0.4, -0.2) is 38.7 Å². The molecule has 0 bridgehead atoms. The molecule has 0 aromatic carbocycles. The Bertz CT molecular complexity index is 1070. The van der Waals surface area contributed by atoms with Crippen molar-refractivity contribution in [1.29, 1.82) is 0 Å². The first-order valence-electron chi connectivity index (χ1n) is 8.67. The van der Waals surface area contributed by atoms with E-state index in [1.54, 1.807) is 5.32 Å². The number of carbonyl (C=O) groups excluding carboxylic acids is 2. The van der Waals surface area contributed by atoms with Gasteiger partial charge >= 0.3 is 12.1 Å². The Labute approximate surface area is 172 Å². The van der Waals surface area contributed by atoms with E-state index in [2.05, 4.69) is 11.6 Å². The van der Waals surface area contributed by atoms with Crippen LogP contribution in [0.25, 0.3) is 10.2 Å². The van der Waals surface area contributed by atoms with Crippen molar-refractivity contribution in [2.75, 3.05) is 5.75 Å². The number of aryl methyl sites for hydroxylation is 2. The van der Waals surface area contributed by atoms with Gasteiger partial charge in [0.15, 0.2) is 10.9 Å². The number of carbonyl (C=O) groups is 2. The lowest BCUT2D eigenvalue weighted by atomic mass is 10.2. The number of rotatable bonds is 7. The third-order valence-corrected chi connectivity index (χ3v) is 6.87. The zero-order chi connectivity index (χ0) is 21.6. The Hall–Kier alpha value is -2.14. The summed E-state index contributed by atoms with van der Waals surface area (Å²) in [4.78, 5) is 42.6. The lowest BCUT2D eigenvalue weighted by Crippen LogP contribution is -2.49. The molecule has 1 amide bonds. The van der Waals surface area contributed by atoms with Gasteiger partial charge in [-0.25, -0.2) is 4.98 Å². The average Bonchev–Trinajstić information content (AvgIpc) is 3.35. The molecule has 1 saturated carbocycles. The third-order valence-electron chi connectivity index (χ3n) is 4.79. The standard InChI is InChI=1S/C18H18F3N3O3S2/c1-4-7-24-14(26)12-9(2)10(3)29-13(12)22-16(24)28-8-11(25)17(5-6-17)23-15(27)18(19,20)21/h4H,1,5-8H2,2-3H3,(H,23,27). The maximum Gasteiger partial charge on any atom is 0.471 e. The van der Waals surface area contributed by atoms with E-state index in [0.29, 0.717) is 10.2 Å². The molecule has 0 aliphatic heterocycles. The van der Waals surface area contributed by atoms with Crippen molar-refractivity contribution in [1.82, 2.24) is 14.9 Å². The van der Waals surface area contributed by atoms with Crippen LogP contribution >= 0.6 is 23.1 Å². The van der Waals surface area contributed by atoms with Gasteiger partial charge < -0.3 is 5.32 Å². The number of amides is 1. The van der Waals surface area contributed by atoms with Crippen LogP contribution < -0.4 is 10.9 Å². The lowest BCUT2D eigenvalue weighted by molar-refractivity contribution is -0.175. The lowest BCUT2D eigenvalue weighted by Gasteiger charge is -2.17. The van der Waals surface area contributed by atoms with Crippen LogP contribution in [0.15, 0.2) is 22.6 Å². The summed E-state index contributed by atoms with van der Waals surface area (Å²) in [5.41, 5.74) is -0.887. The molecule has 0 atom stereocenters. The molecule has 2 aromatic heterocycles. The second-order valence-electron chi connectivity index (χ2n) is 6.81. The Morgan fingerprint density at radius 2 is 2.03 bits per heavy atom. The molecule has 29 heavy (non-hydrogen) atoms. The molecule has 1 N–H and O–H groups in total. The Morgan fingerprint density at radius 3 is 2.59 bits per heavy atom. The zero-order valence-electron chi connectivity index (χ0n) is 15.7. The Morgan fingerprint density at radius 1 is 1.38 bits per heavy atom. The van der Waals surface area contributed by atoms with Gasteiger partial charge in [0, 0.05) is 11.4 Å². The minimum Gasteiger partial charge on any atom is -0.336 e. The van der Waals surface area contributed by atoms with Crippen molar-refractivity contribution < 1.29 is 22.8 Å². The summed E-state index contributed by atoms with van der Waals surface area (Å²) < 4.78 is 38.9. The van der Waals surface area contributed by atoms with Gasteiger partial charge in [-0.05, 0) is 32.3 Å². The molecule has 3 rings (SSSR count). The fourth-order valence-corrected chi connectivity index (χ4v) is 4.95. The first kappa shape index (κ1) is 21.6. The Balaban J connectivity index is 1.84. The van der Waals surface area contributed by atoms with E-state index in [1.165, 1.54) is 22.0 Å². The molecule has 0 radical (unpaired) electrons. The van der Waals surface area contributed by atoms with E-state index < -0.39 is 23.4 Å². The van der Waals surface area contributed by atoms with Gasteiger partial charge in [0.25, 0.3) is 5.56 Å². The second-order valence-corrected chi connectivity index (χ2v) is 8.95. The molecule has 6 nitrogen and oxygen atoms in total. The first-order chi connectivity index (χ1) is 13.5. The average molecular weight is 445 g/mol. The molecular weight excluding hydrogens is 427 g/mol. The summed E-state index contributed by atoms with van der Waals surface area (Å²) in [5.74, 6) is -2.87. The van der Waals surface area contributed by atoms with Gasteiger partial charge in [-0.2, -0.15) is 13.2 Å². The van der Waals surface area contributed by atoms with Crippen LogP contribution in [0.5, 0.6) is 0 Å². The highest BCUT2D eigenvalue weighted by atomic mass is 32.2. The van der Waals surface area contributed by atoms with Crippen LogP contribution in [0, 0.1) is 13.8 Å². The number of allylic oxidation sites excluding steroid dienone is 1. The molecule has 2 aromatic rings. The maximum absolute atomic E-state index is 12.9. The van der Waals surface area contributed by atoms with Crippen LogP contribution in [0.3, 0.4) is 0 Å². The van der Waals surface area contributed by atoms with Crippen LogP contribution in [0.2, 0.25) is 0 Å². The number of hydrogen-bond acceptors (Lipinski definition) is 6. The van der Waals surface area contributed by atoms with E-state index in [0.717, 1.165) is 22.2 Å². The number of Topliss-reactive ketones (excluding diaryl/α,β-unsaturated/α-hetero) is 1. The normalized spacial score (nSPS) is 15.3. The molecule has 1 aliphatic carbocycles. The van der Waals surface area contributed by atoms with Crippen LogP contribution in [0.1, 0.15) is 23.3 Å². The fourth-order valence-electron chi connectivity index (χ4n) is 2.86. The van der Waals surface area contributed by atoms with E-state index in [-0.39, 0.29) is 35.9 Å². The van der Waals surface area contributed by atoms with Crippen molar-refractivity contribution in [3.63, 3.8) is 0 Å². The number of fused-ring (bicyclic) bond motifs is 1. The predicted octanol–water partition coefficient (Wildman–Crippen LogP) is 3.13. The highest BCUT2D eigenvalue weighted by Gasteiger charge is 2.54. The molecule has 156 valence electrons. The van der Waals surface area contributed by atoms with Gasteiger partial charge in [-0.3, -0.25) is 19.0 Å². The van der Waals surface area contributed by atoms with Gasteiger partial charge in [-0.15, -0.1) is 17.9 Å². The van der Waals surface area contributed by atoms with Gasteiger partial charge in [0.1, 0.15) is 4.83 Å². The second kappa shape index (κ2) is 7.60. The van der Waals surface area contributed by atoms with E-state index in [4.69, 9.17) is 0 Å². The number of thiophene rings is 1. The van der Waals surface area contributed by atoms with Crippen LogP contribution in [0.4, 0.5) is 13.2 Å². The number of hydrogen-bond donors (Lipinski definition) is 1. The number of nitrogens with one attached hydrogen (secondary N) is 1. The number of thioether (sulfide) groups is 1. The van der Waals surface area contributed by atoms with E-state index in [9.17, 15) is 27.6 Å².